The van der Waals surface area contributed by atoms with Gasteiger partial charge in [0.15, 0.2) is 0 Å². The molecule has 2 heterocycles. The molecule has 0 bridgehead atoms. The number of nitrogens with zero attached hydrogens (tertiary/aromatic N) is 3. The van der Waals surface area contributed by atoms with E-state index in [-0.39, 0.29) is 5.91 Å². The number of carbonyl (C=O) groups excluding carboxylic acids is 1. The van der Waals surface area contributed by atoms with Gasteiger partial charge in [-0.05, 0) is 59.7 Å². The van der Waals surface area contributed by atoms with E-state index in [0.717, 1.165) is 69.3 Å². The van der Waals surface area contributed by atoms with E-state index in [9.17, 15) is 4.79 Å². The lowest BCUT2D eigenvalue weighted by Crippen LogP contribution is -2.52. The number of benzene rings is 1. The van der Waals surface area contributed by atoms with Crippen molar-refractivity contribution in [2.45, 2.75) is 44.2 Å². The molecule has 2 aliphatic rings. The zero-order chi connectivity index (χ0) is 17.3. The van der Waals surface area contributed by atoms with Gasteiger partial charge in [0.25, 0.3) is 0 Å². The molecule has 1 atom stereocenters. The van der Waals surface area contributed by atoms with Crippen molar-refractivity contribution in [2.24, 2.45) is 11.7 Å². The smallest absolute Gasteiger partial charge is 0.240 e. The second kappa shape index (κ2) is 6.72. The normalized spacial score (nSPS) is 23.3. The maximum atomic E-state index is 12.3. The van der Waals surface area contributed by atoms with Crippen molar-refractivity contribution in [3.63, 3.8) is 0 Å². The SMILES string of the molecule is NC1(C(=O)NC[C@H]2CCN(Cc3ccc4nonc4c3)C2)CCCC1. The first-order valence-electron chi connectivity index (χ1n) is 9.13. The number of nitrogens with one attached hydrogen (secondary N) is 1. The Morgan fingerprint density at radius 3 is 2.96 bits per heavy atom. The highest BCUT2D eigenvalue weighted by Crippen LogP contribution is 2.27. The summed E-state index contributed by atoms with van der Waals surface area (Å²) in [7, 11) is 0. The van der Waals surface area contributed by atoms with Crippen molar-refractivity contribution in [2.75, 3.05) is 19.6 Å². The van der Waals surface area contributed by atoms with E-state index in [0.29, 0.717) is 5.92 Å². The lowest BCUT2D eigenvalue weighted by Gasteiger charge is -2.23. The summed E-state index contributed by atoms with van der Waals surface area (Å²) in [5.74, 6) is 0.527. The zero-order valence-corrected chi connectivity index (χ0v) is 14.4. The van der Waals surface area contributed by atoms with Crippen LogP contribution >= 0.6 is 0 Å². The molecule has 0 unspecified atom stereocenters. The number of amides is 1. The zero-order valence-electron chi connectivity index (χ0n) is 14.4. The van der Waals surface area contributed by atoms with E-state index in [2.05, 4.69) is 26.6 Å². The lowest BCUT2D eigenvalue weighted by molar-refractivity contribution is -0.126. The monoisotopic (exact) mass is 343 g/mol. The van der Waals surface area contributed by atoms with Crippen LogP contribution < -0.4 is 11.1 Å². The number of aromatic nitrogens is 2. The number of nitrogens with two attached hydrogens (primary N) is 1. The molecule has 1 saturated carbocycles. The van der Waals surface area contributed by atoms with Gasteiger partial charge < -0.3 is 11.1 Å². The molecule has 1 aliphatic carbocycles. The fourth-order valence-corrected chi connectivity index (χ4v) is 4.05. The predicted octanol–water partition coefficient (Wildman–Crippen LogP) is 1.43. The highest BCUT2D eigenvalue weighted by atomic mass is 16.6. The van der Waals surface area contributed by atoms with Crippen LogP contribution in [0.25, 0.3) is 11.0 Å². The summed E-state index contributed by atoms with van der Waals surface area (Å²) in [5.41, 5.74) is 8.38. The molecular weight excluding hydrogens is 318 g/mol. The van der Waals surface area contributed by atoms with Crippen LogP contribution in [0.3, 0.4) is 0 Å². The Labute approximate surface area is 146 Å². The third-order valence-corrected chi connectivity index (χ3v) is 5.59. The third-order valence-electron chi connectivity index (χ3n) is 5.59. The van der Waals surface area contributed by atoms with E-state index in [1.165, 1.54) is 5.56 Å². The molecule has 1 aromatic heterocycles. The van der Waals surface area contributed by atoms with Gasteiger partial charge in [-0.1, -0.05) is 18.9 Å². The van der Waals surface area contributed by atoms with Gasteiger partial charge in [-0.25, -0.2) is 4.63 Å². The topological polar surface area (TPSA) is 97.3 Å². The first-order valence-corrected chi connectivity index (χ1v) is 9.13. The van der Waals surface area contributed by atoms with Gasteiger partial charge in [-0.15, -0.1) is 0 Å². The quantitative estimate of drug-likeness (QED) is 0.852. The summed E-state index contributed by atoms with van der Waals surface area (Å²) in [4.78, 5) is 14.7. The van der Waals surface area contributed by atoms with Crippen LogP contribution in [0.1, 0.15) is 37.7 Å². The summed E-state index contributed by atoms with van der Waals surface area (Å²) in [6.07, 6.45) is 4.86. The number of fused-ring (bicyclic) bond motifs is 1. The van der Waals surface area contributed by atoms with E-state index in [4.69, 9.17) is 10.4 Å². The van der Waals surface area contributed by atoms with Gasteiger partial charge in [0.2, 0.25) is 5.91 Å². The summed E-state index contributed by atoms with van der Waals surface area (Å²) in [5, 5.41) is 10.8. The molecule has 0 radical (unpaired) electrons. The minimum Gasteiger partial charge on any atom is -0.354 e. The third kappa shape index (κ3) is 3.52. The standard InChI is InChI=1S/C18H25N5O2/c19-18(6-1-2-7-18)17(24)20-10-14-5-8-23(12-14)11-13-3-4-15-16(9-13)22-25-21-15/h3-4,9,14H,1-2,5-8,10-12,19H2,(H,20,24)/t14-/m1/s1. The van der Waals surface area contributed by atoms with Gasteiger partial charge in [0, 0.05) is 19.6 Å². The average molecular weight is 343 g/mol. The lowest BCUT2D eigenvalue weighted by atomic mass is 9.97. The number of hydrogen-bond acceptors (Lipinski definition) is 6. The summed E-state index contributed by atoms with van der Waals surface area (Å²) in [6, 6.07) is 6.04. The molecule has 2 fully saturated rings. The van der Waals surface area contributed by atoms with E-state index >= 15 is 0 Å². The second-order valence-corrected chi connectivity index (χ2v) is 7.55. The number of hydrogen-bond donors (Lipinski definition) is 2. The van der Waals surface area contributed by atoms with Crippen LogP contribution in [0.4, 0.5) is 0 Å². The summed E-state index contributed by atoms with van der Waals surface area (Å²) < 4.78 is 4.75. The molecule has 1 saturated heterocycles. The Morgan fingerprint density at radius 1 is 1.32 bits per heavy atom. The molecule has 0 spiro atoms. The summed E-state index contributed by atoms with van der Waals surface area (Å²) >= 11 is 0. The molecule has 25 heavy (non-hydrogen) atoms. The van der Waals surface area contributed by atoms with Crippen molar-refractivity contribution in [1.29, 1.82) is 0 Å². The van der Waals surface area contributed by atoms with Crippen LogP contribution in [0.2, 0.25) is 0 Å². The molecule has 1 amide bonds. The van der Waals surface area contributed by atoms with E-state index in [1.807, 2.05) is 12.1 Å². The van der Waals surface area contributed by atoms with E-state index < -0.39 is 5.54 Å². The first-order chi connectivity index (χ1) is 12.1. The van der Waals surface area contributed by atoms with Crippen LogP contribution in [0, 0.1) is 5.92 Å². The molecular formula is C18H25N5O2. The molecule has 7 heteroatoms. The molecule has 3 N–H and O–H groups in total. The molecule has 1 aliphatic heterocycles. The highest BCUT2D eigenvalue weighted by molar-refractivity contribution is 5.86. The molecule has 2 aromatic rings. The minimum absolute atomic E-state index is 0.0347. The fourth-order valence-electron chi connectivity index (χ4n) is 4.05. The Balaban J connectivity index is 1.27. The van der Waals surface area contributed by atoms with E-state index in [1.54, 1.807) is 0 Å². The molecule has 4 rings (SSSR count). The van der Waals surface area contributed by atoms with Gasteiger partial charge in [0.05, 0.1) is 5.54 Å². The van der Waals surface area contributed by atoms with Crippen molar-refractivity contribution in [3.05, 3.63) is 23.8 Å². The van der Waals surface area contributed by atoms with Gasteiger partial charge in [-0.2, -0.15) is 0 Å². The minimum atomic E-state index is -0.626. The van der Waals surface area contributed by atoms with Gasteiger partial charge in [-0.3, -0.25) is 9.69 Å². The van der Waals surface area contributed by atoms with Crippen molar-refractivity contribution >= 4 is 16.9 Å². The van der Waals surface area contributed by atoms with Gasteiger partial charge >= 0.3 is 0 Å². The van der Waals surface area contributed by atoms with Crippen molar-refractivity contribution in [1.82, 2.24) is 20.5 Å². The Hall–Kier alpha value is -1.99. The summed E-state index contributed by atoms with van der Waals surface area (Å²) in [6.45, 7) is 3.64. The van der Waals surface area contributed by atoms with Crippen LogP contribution in [0.5, 0.6) is 0 Å². The predicted molar refractivity (Wildman–Crippen MR) is 93.6 cm³/mol. The average Bonchev–Trinajstić information content (AvgIpc) is 3.33. The number of carbonyl (C=O) groups is 1. The van der Waals surface area contributed by atoms with Crippen molar-refractivity contribution < 1.29 is 9.42 Å². The Kier molecular flexibility index (Phi) is 4.43. The maximum absolute atomic E-state index is 12.3. The van der Waals surface area contributed by atoms with Gasteiger partial charge in [0.1, 0.15) is 11.0 Å². The Morgan fingerprint density at radius 2 is 2.12 bits per heavy atom. The molecule has 1 aromatic carbocycles. The Bertz CT molecular complexity index is 753. The maximum Gasteiger partial charge on any atom is 0.240 e. The largest absolute Gasteiger partial charge is 0.354 e. The number of likely N-dealkylation sites (tertiary alicyclic amines) is 1. The molecule has 134 valence electrons. The fraction of sp³-hybridized carbons (Fsp3) is 0.611. The number of rotatable bonds is 5. The van der Waals surface area contributed by atoms with Crippen LogP contribution in [-0.4, -0.2) is 46.3 Å². The molecule has 7 nitrogen and oxygen atoms in total. The van der Waals surface area contributed by atoms with Crippen LogP contribution in [0.15, 0.2) is 22.8 Å². The van der Waals surface area contributed by atoms with Crippen molar-refractivity contribution in [3.8, 4) is 0 Å². The second-order valence-electron chi connectivity index (χ2n) is 7.55. The highest BCUT2D eigenvalue weighted by Gasteiger charge is 2.37. The van der Waals surface area contributed by atoms with Crippen LogP contribution in [-0.2, 0) is 11.3 Å². The first kappa shape index (κ1) is 16.5.